The maximum atomic E-state index is 13.9. The maximum absolute atomic E-state index is 13.9. The van der Waals surface area contributed by atoms with Gasteiger partial charge in [-0.2, -0.15) is 0 Å². The largest absolute Gasteiger partial charge is 0.246 e. The van der Waals surface area contributed by atoms with E-state index < -0.39 is 19.7 Å². The van der Waals surface area contributed by atoms with Crippen LogP contribution in [0.4, 0.5) is 8.78 Å². The van der Waals surface area contributed by atoms with E-state index in [4.69, 9.17) is 11.6 Å². The van der Waals surface area contributed by atoms with E-state index in [2.05, 4.69) is 0 Å². The van der Waals surface area contributed by atoms with Crippen LogP contribution < -0.4 is 0 Å². The topological polar surface area (TPSA) is 0 Å². The number of hydrogen-bond acceptors (Lipinski definition) is 0. The molecule has 1 atom stereocenters. The molecule has 1 aromatic carbocycles. The molecule has 0 aromatic heterocycles. The molecular formula is C10H13ClF2Si. The third kappa shape index (κ3) is 2.33. The van der Waals surface area contributed by atoms with Gasteiger partial charge in [-0.15, -0.1) is 11.6 Å². The highest BCUT2D eigenvalue weighted by Crippen LogP contribution is 2.30. The molecule has 0 N–H and O–H groups in total. The van der Waals surface area contributed by atoms with Gasteiger partial charge in [0.1, 0.15) is 19.7 Å². The van der Waals surface area contributed by atoms with Crippen LogP contribution in [0.5, 0.6) is 0 Å². The van der Waals surface area contributed by atoms with Gasteiger partial charge in [-0.3, -0.25) is 0 Å². The monoisotopic (exact) mass is 234 g/mol. The summed E-state index contributed by atoms with van der Waals surface area (Å²) in [5, 5.41) is 0. The van der Waals surface area contributed by atoms with Gasteiger partial charge in [-0.1, -0.05) is 31.3 Å². The second-order valence-electron chi connectivity index (χ2n) is 4.01. The van der Waals surface area contributed by atoms with Crippen molar-refractivity contribution in [1.29, 1.82) is 0 Å². The second-order valence-corrected chi connectivity index (χ2v) is 9.56. The van der Waals surface area contributed by atoms with Gasteiger partial charge < -0.3 is 0 Å². The molecule has 0 radical (unpaired) electrons. The molecule has 1 unspecified atom stereocenters. The van der Waals surface area contributed by atoms with E-state index in [0.29, 0.717) is 5.50 Å². The smallest absolute Gasteiger partial charge is 0.128 e. The quantitative estimate of drug-likeness (QED) is 0.550. The number of alkyl halides is 2. The summed E-state index contributed by atoms with van der Waals surface area (Å²) in [6, 6.07) is 5.96. The highest BCUT2D eigenvalue weighted by atomic mass is 35.5. The molecule has 0 aliphatic rings. The van der Waals surface area contributed by atoms with Gasteiger partial charge in [0.05, 0.1) is 0 Å². The van der Waals surface area contributed by atoms with Crippen molar-refractivity contribution in [1.82, 2.24) is 0 Å². The molecular weight excluding hydrogens is 222 g/mol. The number of halogens is 3. The van der Waals surface area contributed by atoms with Crippen molar-refractivity contribution in [2.45, 2.75) is 18.9 Å². The average Bonchev–Trinajstić information content (AvgIpc) is 2.17. The zero-order valence-corrected chi connectivity index (χ0v) is 9.98. The van der Waals surface area contributed by atoms with Gasteiger partial charge in [0.2, 0.25) is 0 Å². The van der Waals surface area contributed by atoms with Crippen LogP contribution in [0.25, 0.3) is 0 Å². The van der Waals surface area contributed by atoms with Crippen LogP contribution in [0.15, 0.2) is 24.3 Å². The maximum Gasteiger partial charge on any atom is 0.128 e. The van der Waals surface area contributed by atoms with Crippen LogP contribution in [-0.4, -0.2) is 13.6 Å². The molecule has 14 heavy (non-hydrogen) atoms. The Bertz CT molecular complexity index is 315. The van der Waals surface area contributed by atoms with Crippen molar-refractivity contribution in [3.05, 3.63) is 35.6 Å². The van der Waals surface area contributed by atoms with Crippen LogP contribution >= 0.6 is 11.6 Å². The van der Waals surface area contributed by atoms with Crippen molar-refractivity contribution in [3.8, 4) is 0 Å². The minimum absolute atomic E-state index is 0.143. The van der Waals surface area contributed by atoms with Crippen molar-refractivity contribution >= 4 is 19.7 Å². The van der Waals surface area contributed by atoms with Crippen molar-refractivity contribution in [2.75, 3.05) is 5.50 Å². The zero-order valence-electron chi connectivity index (χ0n) is 8.23. The van der Waals surface area contributed by atoms with Crippen LogP contribution in [-0.2, 0) is 0 Å². The number of rotatable bonds is 3. The summed E-state index contributed by atoms with van der Waals surface area (Å²) in [7, 11) is -2.19. The van der Waals surface area contributed by atoms with Gasteiger partial charge in [0, 0.05) is 11.1 Å². The summed E-state index contributed by atoms with van der Waals surface area (Å²) in [5.41, 5.74) is 0.437. The first-order valence-electron chi connectivity index (χ1n) is 4.43. The minimum atomic E-state index is -2.19. The summed E-state index contributed by atoms with van der Waals surface area (Å²) in [6.07, 6.45) is 0. The Hall–Kier alpha value is -0.413. The van der Waals surface area contributed by atoms with Crippen LogP contribution in [0.1, 0.15) is 11.4 Å². The molecule has 0 aliphatic carbocycles. The standard InChI is InChI=1S/C10H13ClF2Si/c1-14(2,7-11)10(13)8-5-3-4-6-9(8)12/h3-6,10H,7H2,1-2H3. The Morgan fingerprint density at radius 2 is 1.93 bits per heavy atom. The van der Waals surface area contributed by atoms with E-state index in [9.17, 15) is 8.78 Å². The van der Waals surface area contributed by atoms with Crippen molar-refractivity contribution in [2.24, 2.45) is 0 Å². The molecule has 0 amide bonds. The molecule has 0 saturated carbocycles. The Morgan fingerprint density at radius 1 is 1.36 bits per heavy atom. The molecule has 0 spiro atoms. The number of benzene rings is 1. The number of hydrogen-bond donors (Lipinski definition) is 0. The minimum Gasteiger partial charge on any atom is -0.246 e. The predicted molar refractivity (Wildman–Crippen MR) is 58.5 cm³/mol. The summed E-state index contributed by atoms with van der Waals surface area (Å²) in [5.74, 6) is -1.72. The first kappa shape index (κ1) is 11.7. The Labute approximate surface area is 88.9 Å². The summed E-state index contributed by atoms with van der Waals surface area (Å²) >= 11 is 5.69. The fourth-order valence-electron chi connectivity index (χ4n) is 1.17. The summed E-state index contributed by atoms with van der Waals surface area (Å²) in [4.78, 5) is 0. The Morgan fingerprint density at radius 3 is 2.43 bits per heavy atom. The molecule has 78 valence electrons. The first-order chi connectivity index (χ1) is 6.49. The highest BCUT2D eigenvalue weighted by Gasteiger charge is 2.34. The van der Waals surface area contributed by atoms with Crippen LogP contribution in [0.3, 0.4) is 0 Å². The predicted octanol–water partition coefficient (Wildman–Crippen LogP) is 3.86. The van der Waals surface area contributed by atoms with Gasteiger partial charge in [0.15, 0.2) is 0 Å². The molecule has 0 saturated heterocycles. The Balaban J connectivity index is 3.00. The van der Waals surface area contributed by atoms with Gasteiger partial charge in [0.25, 0.3) is 0 Å². The highest BCUT2D eigenvalue weighted by molar-refractivity contribution is 6.83. The van der Waals surface area contributed by atoms with E-state index in [-0.39, 0.29) is 5.56 Å². The summed E-state index contributed by atoms with van der Waals surface area (Å²) < 4.78 is 27.2. The normalized spacial score (nSPS) is 14.1. The van der Waals surface area contributed by atoms with Crippen molar-refractivity contribution in [3.63, 3.8) is 0 Å². The zero-order chi connectivity index (χ0) is 10.8. The second kappa shape index (κ2) is 4.40. The first-order valence-corrected chi connectivity index (χ1v) is 8.25. The van der Waals surface area contributed by atoms with E-state index in [1.807, 2.05) is 13.1 Å². The SMILES string of the molecule is C[Si](C)(CCl)C(F)c1ccccc1F. The molecule has 1 rings (SSSR count). The van der Waals surface area contributed by atoms with Gasteiger partial charge in [-0.05, 0) is 6.07 Å². The molecule has 0 heterocycles. The lowest BCUT2D eigenvalue weighted by Gasteiger charge is -2.24. The van der Waals surface area contributed by atoms with E-state index in [1.165, 1.54) is 12.1 Å². The molecule has 1 aromatic rings. The van der Waals surface area contributed by atoms with E-state index in [0.717, 1.165) is 0 Å². The molecule has 0 nitrogen and oxygen atoms in total. The average molecular weight is 235 g/mol. The van der Waals surface area contributed by atoms with Crippen LogP contribution in [0.2, 0.25) is 13.1 Å². The molecule has 0 fully saturated rings. The van der Waals surface area contributed by atoms with Gasteiger partial charge >= 0.3 is 0 Å². The molecule has 0 bridgehead atoms. The van der Waals surface area contributed by atoms with Crippen LogP contribution in [0, 0.1) is 5.82 Å². The Kier molecular flexibility index (Phi) is 3.67. The third-order valence-corrected chi connectivity index (χ3v) is 6.65. The fraction of sp³-hybridized carbons (Fsp3) is 0.400. The lowest BCUT2D eigenvalue weighted by atomic mass is 10.2. The van der Waals surface area contributed by atoms with Crippen molar-refractivity contribution < 1.29 is 8.78 Å². The lowest BCUT2D eigenvalue weighted by molar-refractivity contribution is 0.424. The fourth-order valence-corrected chi connectivity index (χ4v) is 2.79. The summed E-state index contributed by atoms with van der Waals surface area (Å²) in [6.45, 7) is 3.63. The third-order valence-electron chi connectivity index (χ3n) is 2.21. The van der Waals surface area contributed by atoms with E-state index in [1.54, 1.807) is 12.1 Å². The molecule has 0 aliphatic heterocycles. The van der Waals surface area contributed by atoms with E-state index >= 15 is 0 Å². The lowest BCUT2D eigenvalue weighted by Crippen LogP contribution is -2.35. The molecule has 4 heteroatoms. The van der Waals surface area contributed by atoms with Gasteiger partial charge in [-0.25, -0.2) is 8.78 Å².